The van der Waals surface area contributed by atoms with E-state index in [1.54, 1.807) is 0 Å². The first-order chi connectivity index (χ1) is 9.13. The number of nitrogens with one attached hydrogen (secondary N) is 1. The van der Waals surface area contributed by atoms with Gasteiger partial charge in [-0.3, -0.25) is 4.79 Å². The Morgan fingerprint density at radius 2 is 2.00 bits per heavy atom. The summed E-state index contributed by atoms with van der Waals surface area (Å²) in [5.41, 5.74) is 1.25. The molecule has 0 bridgehead atoms. The van der Waals surface area contributed by atoms with Crippen molar-refractivity contribution in [2.75, 3.05) is 18.1 Å². The summed E-state index contributed by atoms with van der Waals surface area (Å²) in [5, 5.41) is 2.95. The van der Waals surface area contributed by atoms with Crippen LogP contribution in [0.3, 0.4) is 0 Å². The molecular formula is C15H25NO3S. The van der Waals surface area contributed by atoms with Crippen LogP contribution in [0, 0.1) is 23.2 Å². The van der Waals surface area contributed by atoms with Gasteiger partial charge in [0.2, 0.25) is 5.91 Å². The molecule has 4 nitrogen and oxygen atoms in total. The van der Waals surface area contributed by atoms with Gasteiger partial charge >= 0.3 is 0 Å². The Balaban J connectivity index is 1.86. The number of carbonyl (C=O) groups excluding carboxylic acids is 1. The second-order valence-electron chi connectivity index (χ2n) is 7.08. The van der Waals surface area contributed by atoms with Crippen molar-refractivity contribution in [3.8, 4) is 0 Å². The lowest BCUT2D eigenvalue weighted by atomic mass is 10.1. The van der Waals surface area contributed by atoms with E-state index in [2.05, 4.69) is 25.2 Å². The van der Waals surface area contributed by atoms with E-state index in [4.69, 9.17) is 0 Å². The van der Waals surface area contributed by atoms with Gasteiger partial charge in [0.1, 0.15) is 0 Å². The van der Waals surface area contributed by atoms with Gasteiger partial charge in [-0.1, -0.05) is 25.5 Å². The van der Waals surface area contributed by atoms with Crippen LogP contribution < -0.4 is 5.32 Å². The zero-order chi connectivity index (χ0) is 15.1. The lowest BCUT2D eigenvalue weighted by molar-refractivity contribution is -0.123. The monoisotopic (exact) mass is 299 g/mol. The van der Waals surface area contributed by atoms with E-state index < -0.39 is 9.84 Å². The molecule has 5 heteroatoms. The van der Waals surface area contributed by atoms with Crippen molar-refractivity contribution >= 4 is 15.7 Å². The van der Waals surface area contributed by atoms with Gasteiger partial charge in [0.25, 0.3) is 0 Å². The minimum absolute atomic E-state index is 0.0170. The Morgan fingerprint density at radius 1 is 1.35 bits per heavy atom. The third-order valence-corrected chi connectivity index (χ3v) is 6.43. The van der Waals surface area contributed by atoms with E-state index in [1.807, 2.05) is 13.8 Å². The summed E-state index contributed by atoms with van der Waals surface area (Å²) in [7, 11) is -2.86. The average Bonchev–Trinajstić information content (AvgIpc) is 2.65. The molecule has 0 aromatic rings. The maximum Gasteiger partial charge on any atom is 0.224 e. The molecule has 1 aliphatic carbocycles. The topological polar surface area (TPSA) is 63.2 Å². The van der Waals surface area contributed by atoms with E-state index in [0.29, 0.717) is 18.9 Å². The third-order valence-electron chi connectivity index (χ3n) is 4.60. The molecule has 1 saturated heterocycles. The predicted octanol–water partition coefficient (Wildman–Crippen LogP) is 1.78. The molecule has 0 spiro atoms. The van der Waals surface area contributed by atoms with Crippen LogP contribution in [0.5, 0.6) is 0 Å². The Hall–Kier alpha value is -0.840. The van der Waals surface area contributed by atoms with E-state index in [0.717, 1.165) is 0 Å². The molecule has 0 radical (unpaired) electrons. The normalized spacial score (nSPS) is 33.5. The van der Waals surface area contributed by atoms with Crippen molar-refractivity contribution in [1.82, 2.24) is 5.32 Å². The number of hydrogen-bond acceptors (Lipinski definition) is 3. The smallest absolute Gasteiger partial charge is 0.224 e. The third kappa shape index (κ3) is 3.25. The summed E-state index contributed by atoms with van der Waals surface area (Å²) in [6.07, 6.45) is 2.85. The first kappa shape index (κ1) is 15.5. The highest BCUT2D eigenvalue weighted by Crippen LogP contribution is 2.59. The molecule has 3 atom stereocenters. The summed E-state index contributed by atoms with van der Waals surface area (Å²) in [6, 6.07) is 0. The standard InChI is InChI=1S/C15H25NO3S/c1-10(2)7-12-13(15(12,3)4)14(17)16-8-11-5-6-20(18,19)9-11/h7,11-13H,5-6,8-9H2,1-4H3,(H,16,17). The summed E-state index contributed by atoms with van der Waals surface area (Å²) in [5.74, 6) is 0.978. The maximum absolute atomic E-state index is 12.2. The molecule has 114 valence electrons. The molecule has 2 fully saturated rings. The van der Waals surface area contributed by atoms with E-state index in [1.165, 1.54) is 5.57 Å². The molecule has 1 amide bonds. The van der Waals surface area contributed by atoms with Gasteiger partial charge in [-0.15, -0.1) is 0 Å². The quantitative estimate of drug-likeness (QED) is 0.805. The summed E-state index contributed by atoms with van der Waals surface area (Å²) < 4.78 is 22.8. The van der Waals surface area contributed by atoms with Gasteiger partial charge in [-0.2, -0.15) is 0 Å². The molecule has 1 N–H and O–H groups in total. The molecule has 2 aliphatic rings. The highest BCUT2D eigenvalue weighted by molar-refractivity contribution is 7.91. The number of hydrogen-bond donors (Lipinski definition) is 1. The van der Waals surface area contributed by atoms with E-state index in [9.17, 15) is 13.2 Å². The lowest BCUT2D eigenvalue weighted by Gasteiger charge is -2.10. The van der Waals surface area contributed by atoms with Crippen molar-refractivity contribution in [3.05, 3.63) is 11.6 Å². The Morgan fingerprint density at radius 3 is 2.50 bits per heavy atom. The number of rotatable bonds is 4. The van der Waals surface area contributed by atoms with E-state index in [-0.39, 0.29) is 34.7 Å². The lowest BCUT2D eigenvalue weighted by Crippen LogP contribution is -2.32. The fourth-order valence-corrected chi connectivity index (χ4v) is 5.10. The summed E-state index contributed by atoms with van der Waals surface area (Å²) in [4.78, 5) is 12.2. The zero-order valence-electron chi connectivity index (χ0n) is 12.8. The second kappa shape index (κ2) is 5.17. The van der Waals surface area contributed by atoms with Crippen LogP contribution in [0.2, 0.25) is 0 Å². The molecule has 2 rings (SSSR count). The van der Waals surface area contributed by atoms with Crippen LogP contribution >= 0.6 is 0 Å². The van der Waals surface area contributed by atoms with Crippen molar-refractivity contribution in [1.29, 1.82) is 0 Å². The molecule has 1 saturated carbocycles. The fourth-order valence-electron chi connectivity index (χ4n) is 3.24. The molecular weight excluding hydrogens is 274 g/mol. The average molecular weight is 299 g/mol. The minimum Gasteiger partial charge on any atom is -0.356 e. The zero-order valence-corrected chi connectivity index (χ0v) is 13.6. The van der Waals surface area contributed by atoms with E-state index >= 15 is 0 Å². The number of sulfone groups is 1. The van der Waals surface area contributed by atoms with Gasteiger partial charge in [-0.25, -0.2) is 8.42 Å². The highest BCUT2D eigenvalue weighted by atomic mass is 32.2. The number of carbonyl (C=O) groups is 1. The molecule has 0 aromatic carbocycles. The van der Waals surface area contributed by atoms with Crippen molar-refractivity contribution < 1.29 is 13.2 Å². The first-order valence-electron chi connectivity index (χ1n) is 7.26. The van der Waals surface area contributed by atoms with Gasteiger partial charge < -0.3 is 5.32 Å². The number of amides is 1. The SMILES string of the molecule is CC(C)=CC1C(C(=O)NCC2CCS(=O)(=O)C2)C1(C)C. The van der Waals surface area contributed by atoms with Crippen molar-refractivity contribution in [2.24, 2.45) is 23.2 Å². The van der Waals surface area contributed by atoms with Crippen LogP contribution in [0.4, 0.5) is 0 Å². The Labute approximate surface area is 121 Å². The highest BCUT2D eigenvalue weighted by Gasteiger charge is 2.60. The van der Waals surface area contributed by atoms with Crippen LogP contribution in [0.25, 0.3) is 0 Å². The maximum atomic E-state index is 12.2. The molecule has 3 unspecified atom stereocenters. The fraction of sp³-hybridized carbons (Fsp3) is 0.800. The number of allylic oxidation sites excluding steroid dienone is 2. The van der Waals surface area contributed by atoms with Gasteiger partial charge in [0.05, 0.1) is 17.4 Å². The van der Waals surface area contributed by atoms with Crippen LogP contribution in [0.1, 0.15) is 34.1 Å². The summed E-state index contributed by atoms with van der Waals surface area (Å²) in [6.45, 7) is 8.81. The second-order valence-corrected chi connectivity index (χ2v) is 9.31. The van der Waals surface area contributed by atoms with Gasteiger partial charge in [0, 0.05) is 6.54 Å². The Bertz CT molecular complexity index is 529. The van der Waals surface area contributed by atoms with Crippen molar-refractivity contribution in [2.45, 2.75) is 34.1 Å². The Kier molecular flexibility index (Phi) is 4.02. The van der Waals surface area contributed by atoms with Gasteiger partial charge in [-0.05, 0) is 37.5 Å². The summed E-state index contributed by atoms with van der Waals surface area (Å²) >= 11 is 0. The molecule has 0 aromatic heterocycles. The molecule has 1 heterocycles. The van der Waals surface area contributed by atoms with Gasteiger partial charge in [0.15, 0.2) is 9.84 Å². The largest absolute Gasteiger partial charge is 0.356 e. The molecule has 20 heavy (non-hydrogen) atoms. The van der Waals surface area contributed by atoms with Crippen LogP contribution in [0.15, 0.2) is 11.6 Å². The van der Waals surface area contributed by atoms with Crippen LogP contribution in [-0.4, -0.2) is 32.4 Å². The predicted molar refractivity (Wildman–Crippen MR) is 80.0 cm³/mol. The van der Waals surface area contributed by atoms with Crippen molar-refractivity contribution in [3.63, 3.8) is 0 Å². The minimum atomic E-state index is -2.86. The van der Waals surface area contributed by atoms with Crippen LogP contribution in [-0.2, 0) is 14.6 Å². The molecule has 1 aliphatic heterocycles. The first-order valence-corrected chi connectivity index (χ1v) is 9.09.